The molecule has 172 valence electrons. The summed E-state index contributed by atoms with van der Waals surface area (Å²) in [5.41, 5.74) is 0.502. The van der Waals surface area contributed by atoms with Gasteiger partial charge in [0.2, 0.25) is 5.91 Å². The van der Waals surface area contributed by atoms with E-state index in [1.54, 1.807) is 31.2 Å². The lowest BCUT2D eigenvalue weighted by atomic mass is 10.2. The van der Waals surface area contributed by atoms with Crippen molar-refractivity contribution in [3.63, 3.8) is 0 Å². The SMILES string of the molecule is C=CCn1c(SC(C)C(=O)Nc2cc(Cl)ccc2OC)nnc1C1COc2ccccc2O1. The van der Waals surface area contributed by atoms with E-state index < -0.39 is 11.4 Å². The molecule has 1 aliphatic rings. The van der Waals surface area contributed by atoms with E-state index >= 15 is 0 Å². The Kier molecular flexibility index (Phi) is 7.10. The van der Waals surface area contributed by atoms with E-state index in [2.05, 4.69) is 22.1 Å². The van der Waals surface area contributed by atoms with Gasteiger partial charge in [-0.05, 0) is 37.3 Å². The fourth-order valence-electron chi connectivity index (χ4n) is 3.30. The number of carbonyl (C=O) groups excluding carboxylic acids is 1. The molecule has 0 saturated heterocycles. The number of para-hydroxylation sites is 2. The van der Waals surface area contributed by atoms with Crippen LogP contribution in [0.3, 0.4) is 0 Å². The number of carbonyl (C=O) groups is 1. The van der Waals surface area contributed by atoms with Crippen molar-refractivity contribution in [2.75, 3.05) is 19.0 Å². The van der Waals surface area contributed by atoms with E-state index in [4.69, 9.17) is 25.8 Å². The van der Waals surface area contributed by atoms with Crippen molar-refractivity contribution in [3.05, 3.63) is 66.0 Å². The number of methoxy groups -OCH3 is 1. The fraction of sp³-hybridized carbons (Fsp3) is 0.261. The Labute approximate surface area is 200 Å². The summed E-state index contributed by atoms with van der Waals surface area (Å²) in [6.45, 7) is 6.39. The van der Waals surface area contributed by atoms with E-state index in [0.717, 1.165) is 0 Å². The molecule has 0 fully saturated rings. The van der Waals surface area contributed by atoms with Crippen molar-refractivity contribution in [3.8, 4) is 17.2 Å². The van der Waals surface area contributed by atoms with Crippen molar-refractivity contribution in [1.82, 2.24) is 14.8 Å². The highest BCUT2D eigenvalue weighted by Gasteiger charge is 2.29. The maximum atomic E-state index is 12.9. The molecule has 4 rings (SSSR count). The first-order valence-corrected chi connectivity index (χ1v) is 11.5. The fourth-order valence-corrected chi connectivity index (χ4v) is 4.33. The minimum absolute atomic E-state index is 0.221. The number of anilines is 1. The zero-order valence-corrected chi connectivity index (χ0v) is 19.7. The Balaban J connectivity index is 1.50. The molecular formula is C23H23ClN4O4S. The van der Waals surface area contributed by atoms with Gasteiger partial charge in [0.1, 0.15) is 12.4 Å². The Morgan fingerprint density at radius 2 is 2.15 bits per heavy atom. The third-order valence-corrected chi connectivity index (χ3v) is 6.24. The van der Waals surface area contributed by atoms with Gasteiger partial charge < -0.3 is 19.5 Å². The van der Waals surface area contributed by atoms with Crippen molar-refractivity contribution in [1.29, 1.82) is 0 Å². The van der Waals surface area contributed by atoms with Gasteiger partial charge in [-0.2, -0.15) is 0 Å². The topological polar surface area (TPSA) is 87.5 Å². The highest BCUT2D eigenvalue weighted by molar-refractivity contribution is 8.00. The van der Waals surface area contributed by atoms with Gasteiger partial charge in [0.15, 0.2) is 28.6 Å². The number of aromatic nitrogens is 3. The molecule has 0 radical (unpaired) electrons. The summed E-state index contributed by atoms with van der Waals surface area (Å²) in [7, 11) is 1.53. The molecule has 2 aromatic carbocycles. The van der Waals surface area contributed by atoms with Gasteiger partial charge in [0.05, 0.1) is 18.0 Å². The van der Waals surface area contributed by atoms with Crippen molar-refractivity contribution < 1.29 is 19.0 Å². The van der Waals surface area contributed by atoms with Gasteiger partial charge >= 0.3 is 0 Å². The number of ether oxygens (including phenoxy) is 3. The highest BCUT2D eigenvalue weighted by atomic mass is 35.5. The van der Waals surface area contributed by atoms with Crippen LogP contribution < -0.4 is 19.5 Å². The van der Waals surface area contributed by atoms with Crippen LogP contribution in [-0.4, -0.2) is 39.6 Å². The van der Waals surface area contributed by atoms with Crippen LogP contribution in [0.2, 0.25) is 5.02 Å². The molecule has 1 aliphatic heterocycles. The largest absolute Gasteiger partial charge is 0.495 e. The van der Waals surface area contributed by atoms with Crippen LogP contribution in [0.25, 0.3) is 0 Å². The molecule has 0 aliphatic carbocycles. The lowest BCUT2D eigenvalue weighted by Crippen LogP contribution is -2.25. The van der Waals surface area contributed by atoms with Crippen LogP contribution in [0.4, 0.5) is 5.69 Å². The van der Waals surface area contributed by atoms with E-state index in [-0.39, 0.29) is 5.91 Å². The number of nitrogens with zero attached hydrogens (tertiary/aromatic N) is 3. The van der Waals surface area contributed by atoms with Gasteiger partial charge in [-0.1, -0.05) is 41.6 Å². The van der Waals surface area contributed by atoms with Crippen molar-refractivity contribution in [2.45, 2.75) is 30.0 Å². The number of hydrogen-bond donors (Lipinski definition) is 1. The molecule has 2 unspecified atom stereocenters. The molecule has 1 aromatic heterocycles. The third-order valence-electron chi connectivity index (χ3n) is 4.92. The number of halogens is 1. The molecule has 0 spiro atoms. The molecule has 8 nitrogen and oxygen atoms in total. The summed E-state index contributed by atoms with van der Waals surface area (Å²) in [6, 6.07) is 12.5. The van der Waals surface area contributed by atoms with E-state index in [9.17, 15) is 4.79 Å². The quantitative estimate of drug-likeness (QED) is 0.363. The molecule has 1 N–H and O–H groups in total. The number of benzene rings is 2. The molecule has 33 heavy (non-hydrogen) atoms. The van der Waals surface area contributed by atoms with Crippen LogP contribution in [0, 0.1) is 0 Å². The van der Waals surface area contributed by atoms with Gasteiger partial charge in [-0.25, -0.2) is 0 Å². The second kappa shape index (κ2) is 10.2. The molecular weight excluding hydrogens is 464 g/mol. The van der Waals surface area contributed by atoms with E-state index in [0.29, 0.717) is 52.1 Å². The average molecular weight is 487 g/mol. The lowest BCUT2D eigenvalue weighted by Gasteiger charge is -2.26. The molecule has 3 aromatic rings. The van der Waals surface area contributed by atoms with Crippen LogP contribution >= 0.6 is 23.4 Å². The normalized spacial score (nSPS) is 15.5. The Morgan fingerprint density at radius 1 is 1.36 bits per heavy atom. The summed E-state index contributed by atoms with van der Waals surface area (Å²) in [5, 5.41) is 12.1. The maximum absolute atomic E-state index is 12.9. The predicted molar refractivity (Wildman–Crippen MR) is 127 cm³/mol. The summed E-state index contributed by atoms with van der Waals surface area (Å²) in [5.74, 6) is 2.26. The first-order chi connectivity index (χ1) is 16.0. The third kappa shape index (κ3) is 5.09. The minimum atomic E-state index is -0.474. The standard InChI is InChI=1S/C23H23ClN4O4S/c1-4-11-28-21(20-13-31-18-7-5-6-8-19(18)32-20)26-27-23(28)33-14(2)22(29)25-16-12-15(24)9-10-17(16)30-3/h4-10,12,14,20H,1,11,13H2,2-3H3,(H,25,29). The Morgan fingerprint density at radius 3 is 2.91 bits per heavy atom. The first kappa shape index (κ1) is 23.0. The van der Waals surface area contributed by atoms with Crippen LogP contribution in [0.1, 0.15) is 18.9 Å². The minimum Gasteiger partial charge on any atom is -0.495 e. The predicted octanol–water partition coefficient (Wildman–Crippen LogP) is 4.76. The van der Waals surface area contributed by atoms with Crippen molar-refractivity contribution in [2.24, 2.45) is 0 Å². The molecule has 2 heterocycles. The second-order valence-corrected chi connectivity index (χ2v) is 8.94. The maximum Gasteiger partial charge on any atom is 0.237 e. The molecule has 1 amide bonds. The average Bonchev–Trinajstić information content (AvgIpc) is 3.21. The lowest BCUT2D eigenvalue weighted by molar-refractivity contribution is -0.115. The van der Waals surface area contributed by atoms with Crippen LogP contribution in [0.5, 0.6) is 17.2 Å². The summed E-state index contributed by atoms with van der Waals surface area (Å²) in [4.78, 5) is 12.9. The summed E-state index contributed by atoms with van der Waals surface area (Å²) in [6.07, 6.45) is 1.32. The number of fused-ring (bicyclic) bond motifs is 1. The smallest absolute Gasteiger partial charge is 0.237 e. The van der Waals surface area contributed by atoms with Gasteiger partial charge in [0.25, 0.3) is 0 Å². The summed E-state index contributed by atoms with van der Waals surface area (Å²) >= 11 is 7.35. The number of allylic oxidation sites excluding steroid dienone is 1. The first-order valence-electron chi connectivity index (χ1n) is 10.2. The monoisotopic (exact) mass is 486 g/mol. The number of amides is 1. The zero-order chi connectivity index (χ0) is 23.4. The van der Waals surface area contributed by atoms with Crippen LogP contribution in [-0.2, 0) is 11.3 Å². The molecule has 0 bridgehead atoms. The zero-order valence-electron chi connectivity index (χ0n) is 18.2. The Hall–Kier alpha value is -3.17. The van der Waals surface area contributed by atoms with Crippen molar-refractivity contribution >= 4 is 35.0 Å². The Bertz CT molecular complexity index is 1170. The summed E-state index contributed by atoms with van der Waals surface area (Å²) < 4.78 is 19.1. The van der Waals surface area contributed by atoms with E-state index in [1.807, 2.05) is 28.8 Å². The molecule has 10 heteroatoms. The van der Waals surface area contributed by atoms with E-state index in [1.165, 1.54) is 18.9 Å². The van der Waals surface area contributed by atoms with Gasteiger partial charge in [-0.15, -0.1) is 16.8 Å². The molecule has 0 saturated carbocycles. The highest BCUT2D eigenvalue weighted by Crippen LogP contribution is 2.36. The number of hydrogen-bond acceptors (Lipinski definition) is 7. The number of thioether (sulfide) groups is 1. The molecule has 2 atom stereocenters. The number of nitrogens with one attached hydrogen (secondary N) is 1. The number of rotatable bonds is 8. The van der Waals surface area contributed by atoms with Crippen LogP contribution in [0.15, 0.2) is 60.3 Å². The van der Waals surface area contributed by atoms with Gasteiger partial charge in [-0.3, -0.25) is 9.36 Å². The second-order valence-electron chi connectivity index (χ2n) is 7.20. The van der Waals surface area contributed by atoms with Gasteiger partial charge in [0, 0.05) is 11.6 Å².